The van der Waals surface area contributed by atoms with E-state index in [1.165, 1.54) is 17.1 Å². The van der Waals surface area contributed by atoms with Crippen LogP contribution in [-0.2, 0) is 6.42 Å². The number of hydrogen-bond acceptors (Lipinski definition) is 6. The quantitative estimate of drug-likeness (QED) is 0.941. The summed E-state index contributed by atoms with van der Waals surface area (Å²) in [6.07, 6.45) is 2.10. The van der Waals surface area contributed by atoms with E-state index < -0.39 is 0 Å². The van der Waals surface area contributed by atoms with Crippen molar-refractivity contribution in [1.29, 1.82) is 0 Å². The fraction of sp³-hybridized carbons (Fsp3) is 0.467. The molecule has 0 bridgehead atoms. The summed E-state index contributed by atoms with van der Waals surface area (Å²) in [6, 6.07) is 8.32. The largest absolute Gasteiger partial charge is 0.493 e. The van der Waals surface area contributed by atoms with Gasteiger partial charge in [0.25, 0.3) is 0 Å². The molecule has 1 N–H and O–H groups in total. The van der Waals surface area contributed by atoms with E-state index in [1.54, 1.807) is 0 Å². The average Bonchev–Trinajstić information content (AvgIpc) is 2.86. The van der Waals surface area contributed by atoms with Crippen LogP contribution in [0.25, 0.3) is 0 Å². The molecule has 0 spiro atoms. The fourth-order valence-electron chi connectivity index (χ4n) is 2.44. The van der Waals surface area contributed by atoms with E-state index in [2.05, 4.69) is 32.9 Å². The molecule has 0 radical (unpaired) electrons. The van der Waals surface area contributed by atoms with Crippen LogP contribution < -0.4 is 15.0 Å². The van der Waals surface area contributed by atoms with Gasteiger partial charge in [0.05, 0.1) is 6.61 Å². The number of hydrogen-bond donors (Lipinski definition) is 1. The number of nitrogens with zero attached hydrogens (tertiary/aromatic N) is 3. The van der Waals surface area contributed by atoms with E-state index in [0.29, 0.717) is 5.92 Å². The Hall–Kier alpha value is -1.82. The second kappa shape index (κ2) is 6.30. The van der Waals surface area contributed by atoms with Gasteiger partial charge in [-0.2, -0.15) is 9.36 Å². The van der Waals surface area contributed by atoms with Crippen LogP contribution in [0, 0.1) is 5.92 Å². The molecule has 1 aliphatic rings. The Labute approximate surface area is 129 Å². The number of fused-ring (bicyclic) bond motifs is 1. The number of anilines is 2. The highest BCUT2D eigenvalue weighted by atomic mass is 32.1. The molecule has 5 nitrogen and oxygen atoms in total. The van der Waals surface area contributed by atoms with Gasteiger partial charge in [0, 0.05) is 32.2 Å². The van der Waals surface area contributed by atoms with E-state index >= 15 is 0 Å². The summed E-state index contributed by atoms with van der Waals surface area (Å²) in [7, 11) is 3.90. The van der Waals surface area contributed by atoms with E-state index in [0.717, 1.165) is 42.8 Å². The molecule has 0 aliphatic carbocycles. The Morgan fingerprint density at radius 1 is 1.38 bits per heavy atom. The Balaban J connectivity index is 1.60. The van der Waals surface area contributed by atoms with E-state index in [-0.39, 0.29) is 0 Å². The third-order valence-corrected chi connectivity index (χ3v) is 4.29. The molecule has 112 valence electrons. The van der Waals surface area contributed by atoms with Gasteiger partial charge in [-0.1, -0.05) is 18.2 Å². The third-order valence-electron chi connectivity index (χ3n) is 3.62. The average molecular weight is 304 g/mol. The van der Waals surface area contributed by atoms with Crippen LogP contribution in [0.1, 0.15) is 12.0 Å². The van der Waals surface area contributed by atoms with Gasteiger partial charge in [-0.25, -0.2) is 0 Å². The zero-order valence-corrected chi connectivity index (χ0v) is 13.2. The lowest BCUT2D eigenvalue weighted by Crippen LogP contribution is -2.17. The minimum atomic E-state index is 0.556. The molecule has 1 aromatic heterocycles. The monoisotopic (exact) mass is 304 g/mol. The molecule has 1 aromatic carbocycles. The SMILES string of the molecule is CN(C)c1nsc(NC[C@H]2CCOc3ccccc3C2)n1. The predicted octanol–water partition coefficient (Wildman–Crippen LogP) is 2.66. The molecule has 2 aromatic rings. The first-order valence-corrected chi connectivity index (χ1v) is 7.95. The summed E-state index contributed by atoms with van der Waals surface area (Å²) < 4.78 is 10.1. The number of benzene rings is 1. The molecule has 6 heteroatoms. The predicted molar refractivity (Wildman–Crippen MR) is 86.5 cm³/mol. The van der Waals surface area contributed by atoms with Gasteiger partial charge >= 0.3 is 0 Å². The van der Waals surface area contributed by atoms with Crippen molar-refractivity contribution < 1.29 is 4.74 Å². The Morgan fingerprint density at radius 2 is 2.24 bits per heavy atom. The molecule has 2 heterocycles. The molecule has 0 fully saturated rings. The Bertz CT molecular complexity index is 599. The van der Waals surface area contributed by atoms with Gasteiger partial charge in [0.2, 0.25) is 11.1 Å². The van der Waals surface area contributed by atoms with Crippen molar-refractivity contribution in [3.05, 3.63) is 29.8 Å². The first kappa shape index (κ1) is 14.1. The zero-order chi connectivity index (χ0) is 14.7. The molecule has 1 atom stereocenters. The summed E-state index contributed by atoms with van der Waals surface area (Å²) in [4.78, 5) is 6.37. The van der Waals surface area contributed by atoms with Gasteiger partial charge in [-0.3, -0.25) is 0 Å². The molecule has 0 amide bonds. The smallest absolute Gasteiger partial charge is 0.238 e. The highest BCUT2D eigenvalue weighted by molar-refractivity contribution is 7.09. The topological polar surface area (TPSA) is 50.3 Å². The fourth-order valence-corrected chi connectivity index (χ4v) is 3.08. The van der Waals surface area contributed by atoms with Crippen LogP contribution in [0.5, 0.6) is 5.75 Å². The highest BCUT2D eigenvalue weighted by Gasteiger charge is 2.17. The standard InChI is InChI=1S/C15H20N4OS/c1-19(2)14-17-15(21-18-14)16-10-11-7-8-20-13-6-4-3-5-12(13)9-11/h3-6,11H,7-10H2,1-2H3,(H,16,17,18)/t11-/m0/s1. The molecular weight excluding hydrogens is 284 g/mol. The summed E-state index contributed by atoms with van der Waals surface area (Å²) in [5.41, 5.74) is 1.30. The lowest BCUT2D eigenvalue weighted by Gasteiger charge is -2.13. The lowest BCUT2D eigenvalue weighted by atomic mass is 9.97. The van der Waals surface area contributed by atoms with Crippen molar-refractivity contribution in [3.63, 3.8) is 0 Å². The number of nitrogens with one attached hydrogen (secondary N) is 1. The maximum absolute atomic E-state index is 5.81. The van der Waals surface area contributed by atoms with E-state index in [4.69, 9.17) is 4.74 Å². The van der Waals surface area contributed by atoms with Crippen LogP contribution in [-0.4, -0.2) is 36.6 Å². The summed E-state index contributed by atoms with van der Waals surface area (Å²) in [5, 5.41) is 4.30. The van der Waals surface area contributed by atoms with Crippen molar-refractivity contribution in [2.24, 2.45) is 5.92 Å². The van der Waals surface area contributed by atoms with E-state index in [9.17, 15) is 0 Å². The minimum Gasteiger partial charge on any atom is -0.493 e. The van der Waals surface area contributed by atoms with Crippen LogP contribution in [0.2, 0.25) is 0 Å². The van der Waals surface area contributed by atoms with Crippen molar-refractivity contribution in [1.82, 2.24) is 9.36 Å². The maximum atomic E-state index is 5.81. The summed E-state index contributed by atoms with van der Waals surface area (Å²) in [5.74, 6) is 2.35. The van der Waals surface area contributed by atoms with Gasteiger partial charge < -0.3 is 15.0 Å². The van der Waals surface area contributed by atoms with Crippen molar-refractivity contribution >= 4 is 22.6 Å². The Kier molecular flexibility index (Phi) is 4.24. The van der Waals surface area contributed by atoms with Gasteiger partial charge in [0.15, 0.2) is 0 Å². The molecule has 0 saturated carbocycles. The number of aromatic nitrogens is 2. The van der Waals surface area contributed by atoms with Crippen molar-refractivity contribution in [2.45, 2.75) is 12.8 Å². The Morgan fingerprint density at radius 3 is 3.05 bits per heavy atom. The second-order valence-electron chi connectivity index (χ2n) is 5.49. The molecule has 21 heavy (non-hydrogen) atoms. The zero-order valence-electron chi connectivity index (χ0n) is 12.4. The maximum Gasteiger partial charge on any atom is 0.238 e. The second-order valence-corrected chi connectivity index (χ2v) is 6.24. The highest BCUT2D eigenvalue weighted by Crippen LogP contribution is 2.27. The first-order valence-electron chi connectivity index (χ1n) is 7.18. The van der Waals surface area contributed by atoms with Crippen LogP contribution >= 0.6 is 11.5 Å². The first-order chi connectivity index (χ1) is 10.2. The van der Waals surface area contributed by atoms with Gasteiger partial charge in [-0.05, 0) is 30.4 Å². The van der Waals surface area contributed by atoms with Gasteiger partial charge in [-0.15, -0.1) is 0 Å². The van der Waals surface area contributed by atoms with Gasteiger partial charge in [0.1, 0.15) is 5.75 Å². The molecule has 3 rings (SSSR count). The number of para-hydroxylation sites is 1. The molecular formula is C15H20N4OS. The number of rotatable bonds is 4. The summed E-state index contributed by atoms with van der Waals surface area (Å²) in [6.45, 7) is 1.68. The normalized spacial score (nSPS) is 17.5. The lowest BCUT2D eigenvalue weighted by molar-refractivity contribution is 0.298. The molecule has 1 aliphatic heterocycles. The van der Waals surface area contributed by atoms with Crippen LogP contribution in [0.3, 0.4) is 0 Å². The summed E-state index contributed by atoms with van der Waals surface area (Å²) >= 11 is 1.41. The van der Waals surface area contributed by atoms with Crippen LogP contribution in [0.15, 0.2) is 24.3 Å². The minimum absolute atomic E-state index is 0.556. The van der Waals surface area contributed by atoms with Crippen molar-refractivity contribution in [2.75, 3.05) is 37.5 Å². The molecule has 0 unspecified atom stereocenters. The van der Waals surface area contributed by atoms with Crippen LogP contribution in [0.4, 0.5) is 11.1 Å². The molecule has 0 saturated heterocycles. The van der Waals surface area contributed by atoms with E-state index in [1.807, 2.05) is 25.1 Å². The number of ether oxygens (including phenoxy) is 1. The van der Waals surface area contributed by atoms with Crippen molar-refractivity contribution in [3.8, 4) is 5.75 Å². The third kappa shape index (κ3) is 3.44.